The molecule has 0 aromatic heterocycles. The highest BCUT2D eigenvalue weighted by molar-refractivity contribution is 6.31. The van der Waals surface area contributed by atoms with E-state index in [4.69, 9.17) is 4.43 Å². The Kier molecular flexibility index (Phi) is 6.06. The van der Waals surface area contributed by atoms with Crippen molar-refractivity contribution in [3.8, 4) is 0 Å². The lowest BCUT2D eigenvalue weighted by Crippen LogP contribution is -2.53. The lowest BCUT2D eigenvalue weighted by Gasteiger charge is -2.45. The second-order valence-corrected chi connectivity index (χ2v) is 11.3. The first-order chi connectivity index (χ1) is 10.7. The number of likely N-dealkylation sites (tertiary alicyclic amines) is 1. The Balaban J connectivity index is 1.99. The van der Waals surface area contributed by atoms with Crippen molar-refractivity contribution in [1.29, 1.82) is 0 Å². The molecule has 0 amide bonds. The average molecular weight is 336 g/mol. The summed E-state index contributed by atoms with van der Waals surface area (Å²) < 4.78 is 6.35. The van der Waals surface area contributed by atoms with E-state index in [1.165, 1.54) is 5.56 Å². The summed E-state index contributed by atoms with van der Waals surface area (Å²) in [6.45, 7) is 13.9. The number of nitrogens with zero attached hydrogens (tertiary/aromatic N) is 1. The van der Waals surface area contributed by atoms with E-state index in [0.717, 1.165) is 26.1 Å². The number of benzene rings is 1. The van der Waals surface area contributed by atoms with Gasteiger partial charge >= 0.3 is 0 Å². The molecule has 0 spiro atoms. The first-order valence-corrected chi connectivity index (χ1v) is 10.0. The average Bonchev–Trinajstić information content (AvgIpc) is 2.48. The Bertz CT molecular complexity index is 484. The van der Waals surface area contributed by atoms with E-state index in [-0.39, 0.29) is 22.7 Å². The smallest absolute Gasteiger partial charge is 0.167 e. The van der Waals surface area contributed by atoms with Gasteiger partial charge in [0, 0.05) is 25.6 Å². The summed E-state index contributed by atoms with van der Waals surface area (Å²) in [5.41, 5.74) is 1.08. The van der Waals surface area contributed by atoms with Crippen LogP contribution in [0.4, 0.5) is 0 Å². The Labute approximate surface area is 144 Å². The molecule has 3 nitrogen and oxygen atoms in total. The Morgan fingerprint density at radius 1 is 1.17 bits per heavy atom. The molecule has 1 aliphatic heterocycles. The van der Waals surface area contributed by atoms with Crippen LogP contribution in [0.5, 0.6) is 0 Å². The first kappa shape index (κ1) is 18.7. The SMILES string of the molecule is CC(C)(C)[SiH2]OC(C)(C)C1CN(Cc2ccccc2)CCC1O. The first-order valence-electron chi connectivity index (χ1n) is 8.76. The fraction of sp³-hybridized carbons (Fsp3) is 0.684. The molecule has 2 atom stereocenters. The van der Waals surface area contributed by atoms with Gasteiger partial charge in [0.2, 0.25) is 0 Å². The monoisotopic (exact) mass is 335 g/mol. The standard InChI is InChI=1S/C19H33NO2Si/c1-18(2,3)23-22-19(4,5)16-14-20(12-11-17(16)21)13-15-9-7-6-8-10-15/h6-10,16-17,21H,11-14,23H2,1-5H3. The fourth-order valence-electron chi connectivity index (χ4n) is 3.19. The second-order valence-electron chi connectivity index (χ2n) is 8.64. The molecule has 1 aromatic rings. The minimum Gasteiger partial charge on any atom is -0.418 e. The fourth-order valence-corrected chi connectivity index (χ4v) is 4.20. The molecular formula is C19H33NO2Si. The van der Waals surface area contributed by atoms with Crippen LogP contribution in [0.25, 0.3) is 0 Å². The minimum absolute atomic E-state index is 0.176. The zero-order valence-electron chi connectivity index (χ0n) is 15.4. The van der Waals surface area contributed by atoms with Crippen LogP contribution >= 0.6 is 0 Å². The maximum absolute atomic E-state index is 10.5. The van der Waals surface area contributed by atoms with Gasteiger partial charge in [-0.05, 0) is 30.9 Å². The molecule has 1 aromatic carbocycles. The summed E-state index contributed by atoms with van der Waals surface area (Å²) in [4.78, 5) is 2.45. The van der Waals surface area contributed by atoms with Crippen molar-refractivity contribution < 1.29 is 9.53 Å². The molecule has 130 valence electrons. The number of rotatable bonds is 5. The van der Waals surface area contributed by atoms with Gasteiger partial charge in [0.15, 0.2) is 9.76 Å². The van der Waals surface area contributed by atoms with Gasteiger partial charge in [-0.15, -0.1) is 0 Å². The summed E-state index contributed by atoms with van der Waals surface area (Å²) in [5, 5.41) is 10.8. The van der Waals surface area contributed by atoms with Crippen LogP contribution in [-0.4, -0.2) is 44.6 Å². The van der Waals surface area contributed by atoms with E-state index in [9.17, 15) is 5.11 Å². The Morgan fingerprint density at radius 3 is 2.43 bits per heavy atom. The van der Waals surface area contributed by atoms with Crippen LogP contribution < -0.4 is 0 Å². The van der Waals surface area contributed by atoms with Gasteiger partial charge < -0.3 is 9.53 Å². The lowest BCUT2D eigenvalue weighted by atomic mass is 9.82. The molecule has 0 bridgehead atoms. The maximum Gasteiger partial charge on any atom is 0.167 e. The molecule has 2 unspecified atom stereocenters. The van der Waals surface area contributed by atoms with Crippen LogP contribution in [0.1, 0.15) is 46.6 Å². The van der Waals surface area contributed by atoms with Crippen molar-refractivity contribution in [2.45, 2.75) is 64.3 Å². The van der Waals surface area contributed by atoms with Gasteiger partial charge in [-0.2, -0.15) is 0 Å². The van der Waals surface area contributed by atoms with Crippen molar-refractivity contribution in [3.05, 3.63) is 35.9 Å². The third-order valence-electron chi connectivity index (χ3n) is 4.68. The van der Waals surface area contributed by atoms with E-state index in [1.54, 1.807) is 0 Å². The van der Waals surface area contributed by atoms with Crippen molar-refractivity contribution in [2.75, 3.05) is 13.1 Å². The number of piperidine rings is 1. The molecule has 0 saturated carbocycles. The molecule has 2 rings (SSSR count). The van der Waals surface area contributed by atoms with Gasteiger partial charge in [-0.3, -0.25) is 4.90 Å². The quantitative estimate of drug-likeness (QED) is 0.840. The summed E-state index contributed by atoms with van der Waals surface area (Å²) >= 11 is 0. The number of aliphatic hydroxyl groups is 1. The zero-order chi connectivity index (χ0) is 17.1. The van der Waals surface area contributed by atoms with Gasteiger partial charge in [0.1, 0.15) is 0 Å². The maximum atomic E-state index is 10.5. The van der Waals surface area contributed by atoms with Crippen molar-refractivity contribution in [2.24, 2.45) is 5.92 Å². The second kappa shape index (κ2) is 7.47. The van der Waals surface area contributed by atoms with Crippen LogP contribution in [0, 0.1) is 5.92 Å². The number of hydrogen-bond acceptors (Lipinski definition) is 3. The lowest BCUT2D eigenvalue weighted by molar-refractivity contribution is -0.0721. The highest BCUT2D eigenvalue weighted by atomic mass is 28.2. The largest absolute Gasteiger partial charge is 0.418 e. The topological polar surface area (TPSA) is 32.7 Å². The minimum atomic E-state index is -0.626. The summed E-state index contributed by atoms with van der Waals surface area (Å²) in [6, 6.07) is 10.6. The number of aliphatic hydroxyl groups excluding tert-OH is 1. The molecule has 1 heterocycles. The van der Waals surface area contributed by atoms with Gasteiger partial charge in [0.25, 0.3) is 0 Å². The third-order valence-corrected chi connectivity index (χ3v) is 6.43. The molecule has 4 heteroatoms. The van der Waals surface area contributed by atoms with E-state index in [0.29, 0.717) is 0 Å². The molecule has 0 aliphatic carbocycles. The predicted molar refractivity (Wildman–Crippen MR) is 99.3 cm³/mol. The molecule has 1 saturated heterocycles. The van der Waals surface area contributed by atoms with Crippen molar-refractivity contribution in [3.63, 3.8) is 0 Å². The van der Waals surface area contributed by atoms with Crippen molar-refractivity contribution in [1.82, 2.24) is 4.90 Å². The molecule has 1 N–H and O–H groups in total. The summed E-state index contributed by atoms with van der Waals surface area (Å²) in [5.74, 6) is 0.176. The highest BCUT2D eigenvalue weighted by Crippen LogP contribution is 2.33. The van der Waals surface area contributed by atoms with Crippen LogP contribution in [0.2, 0.25) is 5.04 Å². The molecule has 1 aliphatic rings. The Morgan fingerprint density at radius 2 is 1.83 bits per heavy atom. The Hall–Kier alpha value is -0.683. The van der Waals surface area contributed by atoms with Crippen molar-refractivity contribution >= 4 is 9.76 Å². The van der Waals surface area contributed by atoms with Gasteiger partial charge in [-0.1, -0.05) is 51.1 Å². The summed E-state index contributed by atoms with van der Waals surface area (Å²) in [6.07, 6.45) is 0.576. The van der Waals surface area contributed by atoms with Crippen LogP contribution in [0.3, 0.4) is 0 Å². The van der Waals surface area contributed by atoms with Gasteiger partial charge in [-0.25, -0.2) is 0 Å². The van der Waals surface area contributed by atoms with Crippen LogP contribution in [0.15, 0.2) is 30.3 Å². The molecular weight excluding hydrogens is 302 g/mol. The summed E-state index contributed by atoms with van der Waals surface area (Å²) in [7, 11) is -0.626. The van der Waals surface area contributed by atoms with E-state index < -0.39 is 9.76 Å². The van der Waals surface area contributed by atoms with E-state index >= 15 is 0 Å². The van der Waals surface area contributed by atoms with Gasteiger partial charge in [0.05, 0.1) is 11.7 Å². The van der Waals surface area contributed by atoms with E-state index in [2.05, 4.69) is 69.9 Å². The normalized spacial score (nSPS) is 24.4. The molecule has 1 fully saturated rings. The van der Waals surface area contributed by atoms with Crippen LogP contribution in [-0.2, 0) is 11.0 Å². The zero-order valence-corrected chi connectivity index (χ0v) is 16.8. The number of hydrogen-bond donors (Lipinski definition) is 1. The molecule has 0 radical (unpaired) electrons. The third kappa shape index (κ3) is 5.71. The predicted octanol–water partition coefficient (Wildman–Crippen LogP) is 2.97. The highest BCUT2D eigenvalue weighted by Gasteiger charge is 2.40. The van der Waals surface area contributed by atoms with E-state index in [1.807, 2.05) is 0 Å². The molecule has 23 heavy (non-hydrogen) atoms.